The zero-order chi connectivity index (χ0) is 8.10. The van der Waals surface area contributed by atoms with Gasteiger partial charge in [0.15, 0.2) is 0 Å². The summed E-state index contributed by atoms with van der Waals surface area (Å²) in [7, 11) is 0. The zero-order valence-corrected chi connectivity index (χ0v) is 8.15. The van der Waals surface area contributed by atoms with Gasteiger partial charge in [0, 0.05) is 6.42 Å². The number of ether oxygens (including phenoxy) is 1. The minimum absolute atomic E-state index is 0. The molecule has 0 radical (unpaired) electrons. The highest BCUT2D eigenvalue weighted by molar-refractivity contribution is 5.85. The third kappa shape index (κ3) is 3.93. The number of hydrogen-bond donors (Lipinski definition) is 1. The van der Waals surface area contributed by atoms with E-state index in [4.69, 9.17) is 4.74 Å². The molecule has 72 valence electrons. The fraction of sp³-hybridized carbons (Fsp3) is 0.875. The Balaban J connectivity index is 0.00000121. The van der Waals surface area contributed by atoms with E-state index in [1.165, 1.54) is 0 Å². The molecule has 1 rings (SSSR count). The van der Waals surface area contributed by atoms with Crippen LogP contribution in [0.25, 0.3) is 0 Å². The Labute approximate surface area is 79.3 Å². The lowest BCUT2D eigenvalue weighted by molar-refractivity contribution is -0.144. The summed E-state index contributed by atoms with van der Waals surface area (Å²) in [6.45, 7) is 4.35. The highest BCUT2D eigenvalue weighted by atomic mass is 35.5. The molecule has 0 aliphatic carbocycles. The van der Waals surface area contributed by atoms with Gasteiger partial charge in [-0.1, -0.05) is 0 Å². The third-order valence-corrected chi connectivity index (χ3v) is 1.92. The van der Waals surface area contributed by atoms with Gasteiger partial charge in [0.05, 0.1) is 6.61 Å². The molecule has 1 saturated heterocycles. The summed E-state index contributed by atoms with van der Waals surface area (Å²) >= 11 is 0. The molecular formula is C8H16ClNO2. The first kappa shape index (κ1) is 11.7. The molecule has 0 aromatic carbocycles. The lowest BCUT2D eigenvalue weighted by Crippen LogP contribution is -2.14. The average molecular weight is 194 g/mol. The monoisotopic (exact) mass is 193 g/mol. The quantitative estimate of drug-likeness (QED) is 0.679. The van der Waals surface area contributed by atoms with Crippen molar-refractivity contribution in [3.63, 3.8) is 0 Å². The van der Waals surface area contributed by atoms with Crippen LogP contribution < -0.4 is 5.32 Å². The van der Waals surface area contributed by atoms with Gasteiger partial charge in [-0.25, -0.2) is 0 Å². The van der Waals surface area contributed by atoms with Crippen LogP contribution in [0.3, 0.4) is 0 Å². The van der Waals surface area contributed by atoms with Crippen molar-refractivity contribution in [1.82, 2.24) is 5.32 Å². The van der Waals surface area contributed by atoms with E-state index in [0.717, 1.165) is 19.5 Å². The highest BCUT2D eigenvalue weighted by Crippen LogP contribution is 2.12. The van der Waals surface area contributed by atoms with Crippen molar-refractivity contribution in [2.45, 2.75) is 19.8 Å². The average Bonchev–Trinajstić information content (AvgIpc) is 2.40. The molecule has 1 N–H and O–H groups in total. The van der Waals surface area contributed by atoms with Crippen LogP contribution in [0.5, 0.6) is 0 Å². The normalized spacial score (nSPS) is 21.6. The van der Waals surface area contributed by atoms with Gasteiger partial charge in [0.25, 0.3) is 0 Å². The van der Waals surface area contributed by atoms with Crippen LogP contribution in [0.2, 0.25) is 0 Å². The Morgan fingerprint density at radius 2 is 2.42 bits per heavy atom. The number of rotatable bonds is 3. The van der Waals surface area contributed by atoms with Crippen LogP contribution in [0.4, 0.5) is 0 Å². The predicted molar refractivity (Wildman–Crippen MR) is 49.5 cm³/mol. The smallest absolute Gasteiger partial charge is 0.306 e. The first-order chi connectivity index (χ1) is 5.33. The van der Waals surface area contributed by atoms with Gasteiger partial charge in [-0.3, -0.25) is 4.79 Å². The Bertz CT molecular complexity index is 135. The summed E-state index contributed by atoms with van der Waals surface area (Å²) in [5, 5.41) is 3.21. The van der Waals surface area contributed by atoms with E-state index in [2.05, 4.69) is 5.32 Å². The first-order valence-corrected chi connectivity index (χ1v) is 4.19. The Morgan fingerprint density at radius 1 is 1.67 bits per heavy atom. The van der Waals surface area contributed by atoms with Crippen LogP contribution in [0.15, 0.2) is 0 Å². The van der Waals surface area contributed by atoms with Crippen LogP contribution in [0, 0.1) is 5.92 Å². The Hall–Kier alpha value is -0.280. The largest absolute Gasteiger partial charge is 0.466 e. The molecule has 0 aromatic heterocycles. The van der Waals surface area contributed by atoms with Gasteiger partial charge in [0.2, 0.25) is 0 Å². The van der Waals surface area contributed by atoms with Crippen LogP contribution in [-0.4, -0.2) is 25.7 Å². The van der Waals surface area contributed by atoms with E-state index in [0.29, 0.717) is 18.9 Å². The number of carbonyl (C=O) groups is 1. The van der Waals surface area contributed by atoms with Crippen LogP contribution in [-0.2, 0) is 9.53 Å². The molecule has 1 aliphatic rings. The fourth-order valence-corrected chi connectivity index (χ4v) is 1.34. The summed E-state index contributed by atoms with van der Waals surface area (Å²) in [6, 6.07) is 0. The lowest BCUT2D eigenvalue weighted by Gasteiger charge is -2.06. The topological polar surface area (TPSA) is 38.3 Å². The molecule has 12 heavy (non-hydrogen) atoms. The molecule has 1 atom stereocenters. The second-order valence-electron chi connectivity index (χ2n) is 2.87. The van der Waals surface area contributed by atoms with E-state index in [1.807, 2.05) is 6.92 Å². The number of halogens is 1. The SMILES string of the molecule is CCOC(=O)C[C@@H]1CCNC1.Cl. The molecule has 3 nitrogen and oxygen atoms in total. The number of carbonyl (C=O) groups excluding carboxylic acids is 1. The van der Waals surface area contributed by atoms with Crippen LogP contribution >= 0.6 is 12.4 Å². The minimum Gasteiger partial charge on any atom is -0.466 e. The van der Waals surface area contributed by atoms with Crippen molar-refractivity contribution >= 4 is 18.4 Å². The number of esters is 1. The molecular weight excluding hydrogens is 178 g/mol. The van der Waals surface area contributed by atoms with Gasteiger partial charge in [-0.2, -0.15) is 0 Å². The summed E-state index contributed by atoms with van der Waals surface area (Å²) in [5.74, 6) is 0.454. The maximum Gasteiger partial charge on any atom is 0.306 e. The molecule has 0 aromatic rings. The molecule has 0 bridgehead atoms. The van der Waals surface area contributed by atoms with Gasteiger partial charge < -0.3 is 10.1 Å². The van der Waals surface area contributed by atoms with E-state index < -0.39 is 0 Å². The second-order valence-corrected chi connectivity index (χ2v) is 2.87. The summed E-state index contributed by atoms with van der Waals surface area (Å²) in [6.07, 6.45) is 1.69. The molecule has 0 unspecified atom stereocenters. The molecule has 0 amide bonds. The molecule has 0 spiro atoms. The molecule has 1 fully saturated rings. The summed E-state index contributed by atoms with van der Waals surface area (Å²) < 4.78 is 4.84. The van der Waals surface area contributed by atoms with E-state index in [9.17, 15) is 4.79 Å². The number of nitrogens with one attached hydrogen (secondary N) is 1. The van der Waals surface area contributed by atoms with Gasteiger partial charge in [-0.05, 0) is 32.4 Å². The van der Waals surface area contributed by atoms with Crippen molar-refractivity contribution in [3.05, 3.63) is 0 Å². The van der Waals surface area contributed by atoms with Gasteiger partial charge >= 0.3 is 5.97 Å². The third-order valence-electron chi connectivity index (χ3n) is 1.92. The zero-order valence-electron chi connectivity index (χ0n) is 7.34. The van der Waals surface area contributed by atoms with Crippen LogP contribution in [0.1, 0.15) is 19.8 Å². The van der Waals surface area contributed by atoms with Gasteiger partial charge in [0.1, 0.15) is 0 Å². The fourth-order valence-electron chi connectivity index (χ4n) is 1.34. The highest BCUT2D eigenvalue weighted by Gasteiger charge is 2.18. The number of hydrogen-bond acceptors (Lipinski definition) is 3. The lowest BCUT2D eigenvalue weighted by atomic mass is 10.1. The van der Waals surface area contributed by atoms with Crippen molar-refractivity contribution in [2.24, 2.45) is 5.92 Å². The summed E-state index contributed by atoms with van der Waals surface area (Å²) in [4.78, 5) is 10.9. The minimum atomic E-state index is -0.0544. The molecule has 0 saturated carbocycles. The van der Waals surface area contributed by atoms with Crippen molar-refractivity contribution in [2.75, 3.05) is 19.7 Å². The second kappa shape index (κ2) is 6.26. The van der Waals surface area contributed by atoms with E-state index in [-0.39, 0.29) is 18.4 Å². The molecule has 4 heteroatoms. The maximum absolute atomic E-state index is 10.9. The maximum atomic E-state index is 10.9. The predicted octanol–water partition coefficient (Wildman–Crippen LogP) is 0.971. The van der Waals surface area contributed by atoms with Crippen molar-refractivity contribution in [1.29, 1.82) is 0 Å². The summed E-state index contributed by atoms with van der Waals surface area (Å²) in [5.41, 5.74) is 0. The van der Waals surface area contributed by atoms with E-state index >= 15 is 0 Å². The molecule has 1 heterocycles. The Kier molecular flexibility index (Phi) is 6.11. The Morgan fingerprint density at radius 3 is 2.92 bits per heavy atom. The van der Waals surface area contributed by atoms with E-state index in [1.54, 1.807) is 0 Å². The van der Waals surface area contributed by atoms with Crippen molar-refractivity contribution < 1.29 is 9.53 Å². The van der Waals surface area contributed by atoms with Gasteiger partial charge in [-0.15, -0.1) is 12.4 Å². The van der Waals surface area contributed by atoms with Crippen molar-refractivity contribution in [3.8, 4) is 0 Å². The first-order valence-electron chi connectivity index (χ1n) is 4.19. The standard InChI is InChI=1S/C8H15NO2.ClH/c1-2-11-8(10)5-7-3-4-9-6-7;/h7,9H,2-6H2,1H3;1H/t7-;/m0./s1. The molecule has 1 aliphatic heterocycles.